The summed E-state index contributed by atoms with van der Waals surface area (Å²) in [6, 6.07) is 21.1. The van der Waals surface area contributed by atoms with E-state index in [0.29, 0.717) is 5.56 Å². The fourth-order valence-electron chi connectivity index (χ4n) is 2.90. The summed E-state index contributed by atoms with van der Waals surface area (Å²) < 4.78 is 54.0. The predicted molar refractivity (Wildman–Crippen MR) is 99.6 cm³/mol. The van der Waals surface area contributed by atoms with Gasteiger partial charge in [0.05, 0.1) is 5.56 Å². The van der Waals surface area contributed by atoms with Gasteiger partial charge in [0.2, 0.25) is 5.52 Å². The molecule has 3 aromatic carbocycles. The molecule has 0 spiro atoms. The Morgan fingerprint density at radius 3 is 1.89 bits per heavy atom. The van der Waals surface area contributed by atoms with Crippen LogP contribution in [0.1, 0.15) is 21.5 Å². The van der Waals surface area contributed by atoms with E-state index in [4.69, 9.17) is 0 Å². The minimum atomic E-state index is -4.71. The van der Waals surface area contributed by atoms with Crippen molar-refractivity contribution in [1.82, 2.24) is 0 Å². The molecule has 2 nitrogen and oxygen atoms in total. The highest BCUT2D eigenvalue weighted by atomic mass is 31.2. The van der Waals surface area contributed by atoms with Gasteiger partial charge < -0.3 is 4.57 Å². The van der Waals surface area contributed by atoms with Crippen LogP contribution in [-0.4, -0.2) is 5.52 Å². The van der Waals surface area contributed by atoms with E-state index in [2.05, 4.69) is 0 Å². The first-order valence-corrected chi connectivity index (χ1v) is 10.1. The van der Waals surface area contributed by atoms with E-state index in [1.807, 2.05) is 0 Å². The molecular weight excluding hydrogens is 372 g/mol. The SMILES string of the molecule is O=C(c1ccccc1C(F)(F)F)P(=O)(Cc1ccccc1)c1ccccc1. The van der Waals surface area contributed by atoms with Crippen LogP contribution < -0.4 is 5.30 Å². The van der Waals surface area contributed by atoms with E-state index in [9.17, 15) is 22.5 Å². The number of alkyl halides is 3. The molecule has 0 saturated carbocycles. The maximum atomic E-state index is 13.8. The Bertz CT molecular complexity index is 983. The zero-order chi connectivity index (χ0) is 19.5. The molecule has 0 aliphatic carbocycles. The summed E-state index contributed by atoms with van der Waals surface area (Å²) in [7, 11) is -3.84. The smallest absolute Gasteiger partial charge is 0.310 e. The molecule has 0 aromatic heterocycles. The van der Waals surface area contributed by atoms with Crippen molar-refractivity contribution in [3.05, 3.63) is 102 Å². The fourth-order valence-corrected chi connectivity index (χ4v) is 5.42. The van der Waals surface area contributed by atoms with E-state index >= 15 is 0 Å². The lowest BCUT2D eigenvalue weighted by Gasteiger charge is -2.20. The molecule has 3 aromatic rings. The lowest BCUT2D eigenvalue weighted by atomic mass is 10.1. The Hall–Kier alpha value is -2.65. The Kier molecular flexibility index (Phi) is 5.33. The minimum absolute atomic E-state index is 0.136. The van der Waals surface area contributed by atoms with Gasteiger partial charge in [0.1, 0.15) is 0 Å². The van der Waals surface area contributed by atoms with Crippen molar-refractivity contribution in [2.75, 3.05) is 0 Å². The predicted octanol–water partition coefficient (Wildman–Crippen LogP) is 5.73. The number of benzene rings is 3. The summed E-state index contributed by atoms with van der Waals surface area (Å²) in [5.74, 6) is 0. The van der Waals surface area contributed by atoms with Gasteiger partial charge >= 0.3 is 6.18 Å². The van der Waals surface area contributed by atoms with E-state index in [0.717, 1.165) is 12.1 Å². The second-order valence-electron chi connectivity index (χ2n) is 6.07. The van der Waals surface area contributed by atoms with Gasteiger partial charge in [-0.1, -0.05) is 78.9 Å². The van der Waals surface area contributed by atoms with Crippen LogP contribution in [0.5, 0.6) is 0 Å². The maximum absolute atomic E-state index is 13.8. The Morgan fingerprint density at radius 2 is 1.30 bits per heavy atom. The highest BCUT2D eigenvalue weighted by molar-refractivity contribution is 7.86. The summed E-state index contributed by atoms with van der Waals surface area (Å²) in [5, 5.41) is 0.246. The lowest BCUT2D eigenvalue weighted by Crippen LogP contribution is -2.19. The highest BCUT2D eigenvalue weighted by Gasteiger charge is 2.41. The number of halogens is 3. The van der Waals surface area contributed by atoms with Gasteiger partial charge in [-0.3, -0.25) is 4.79 Å². The minimum Gasteiger partial charge on any atom is -0.310 e. The number of hydrogen-bond donors (Lipinski definition) is 0. The van der Waals surface area contributed by atoms with Crippen molar-refractivity contribution in [3.8, 4) is 0 Å². The molecule has 0 bridgehead atoms. The quantitative estimate of drug-likeness (QED) is 0.523. The van der Waals surface area contributed by atoms with E-state index in [-0.39, 0.29) is 11.5 Å². The molecular formula is C21H16F3O2P. The Morgan fingerprint density at radius 1 is 0.778 bits per heavy atom. The van der Waals surface area contributed by atoms with Gasteiger partial charge in [0.25, 0.3) is 0 Å². The van der Waals surface area contributed by atoms with E-state index in [1.165, 1.54) is 24.3 Å². The average Bonchev–Trinajstić information content (AvgIpc) is 2.68. The standard InChI is InChI=1S/C21H16F3O2P/c22-21(23,24)19-14-8-7-13-18(19)20(25)27(26,17-11-5-2-6-12-17)15-16-9-3-1-4-10-16/h1-14H,15H2. The molecule has 1 unspecified atom stereocenters. The summed E-state index contributed by atoms with van der Waals surface area (Å²) >= 11 is 0. The third-order valence-electron chi connectivity index (χ3n) is 4.21. The van der Waals surface area contributed by atoms with Crippen LogP contribution in [0.2, 0.25) is 0 Å². The second kappa shape index (κ2) is 7.53. The molecule has 0 radical (unpaired) electrons. The van der Waals surface area contributed by atoms with Gasteiger partial charge in [0.15, 0.2) is 7.14 Å². The number of hydrogen-bond acceptors (Lipinski definition) is 2. The Labute approximate surface area is 155 Å². The third kappa shape index (κ3) is 4.04. The van der Waals surface area contributed by atoms with E-state index in [1.54, 1.807) is 48.5 Å². The lowest BCUT2D eigenvalue weighted by molar-refractivity contribution is -0.137. The highest BCUT2D eigenvalue weighted by Crippen LogP contribution is 2.52. The second-order valence-corrected chi connectivity index (χ2v) is 8.79. The van der Waals surface area contributed by atoms with Crippen molar-refractivity contribution in [3.63, 3.8) is 0 Å². The molecule has 0 fully saturated rings. The topological polar surface area (TPSA) is 34.1 Å². The first-order chi connectivity index (χ1) is 12.8. The molecule has 0 N–H and O–H groups in total. The van der Waals surface area contributed by atoms with Crippen molar-refractivity contribution in [2.45, 2.75) is 12.3 Å². The van der Waals surface area contributed by atoms with Crippen LogP contribution in [0, 0.1) is 0 Å². The van der Waals surface area contributed by atoms with Crippen LogP contribution in [0.15, 0.2) is 84.9 Å². The number of carbonyl (C=O) groups excluding carboxylic acids is 1. The van der Waals surface area contributed by atoms with Crippen LogP contribution in [-0.2, 0) is 16.9 Å². The number of carbonyl (C=O) groups is 1. The molecule has 27 heavy (non-hydrogen) atoms. The third-order valence-corrected chi connectivity index (χ3v) is 7.05. The van der Waals surface area contributed by atoms with Gasteiger partial charge in [-0.15, -0.1) is 0 Å². The maximum Gasteiger partial charge on any atom is 0.417 e. The molecule has 0 aliphatic heterocycles. The zero-order valence-corrected chi connectivity index (χ0v) is 15.1. The molecule has 3 rings (SSSR count). The van der Waals surface area contributed by atoms with Crippen LogP contribution in [0.4, 0.5) is 13.2 Å². The van der Waals surface area contributed by atoms with Gasteiger partial charge in [-0.05, 0) is 11.6 Å². The average molecular weight is 388 g/mol. The van der Waals surface area contributed by atoms with Crippen molar-refractivity contribution >= 4 is 18.0 Å². The molecule has 138 valence electrons. The summed E-state index contributed by atoms with van der Waals surface area (Å²) in [5.41, 5.74) is -1.99. The zero-order valence-electron chi connectivity index (χ0n) is 14.2. The van der Waals surface area contributed by atoms with Crippen LogP contribution in [0.25, 0.3) is 0 Å². The largest absolute Gasteiger partial charge is 0.417 e. The number of rotatable bonds is 5. The van der Waals surface area contributed by atoms with Crippen molar-refractivity contribution in [1.29, 1.82) is 0 Å². The van der Waals surface area contributed by atoms with Crippen LogP contribution in [0.3, 0.4) is 0 Å². The monoisotopic (exact) mass is 388 g/mol. The molecule has 0 saturated heterocycles. The first-order valence-electron chi connectivity index (χ1n) is 8.22. The Balaban J connectivity index is 2.15. The van der Waals surface area contributed by atoms with Gasteiger partial charge in [0, 0.05) is 17.0 Å². The summed E-state index contributed by atoms with van der Waals surface area (Å²) in [4.78, 5) is 13.2. The summed E-state index contributed by atoms with van der Waals surface area (Å²) in [6.45, 7) is 0. The van der Waals surface area contributed by atoms with Gasteiger partial charge in [-0.2, -0.15) is 13.2 Å². The molecule has 0 amide bonds. The molecule has 0 heterocycles. The van der Waals surface area contributed by atoms with Gasteiger partial charge in [-0.25, -0.2) is 0 Å². The summed E-state index contributed by atoms with van der Waals surface area (Å²) in [6.07, 6.45) is -4.84. The van der Waals surface area contributed by atoms with Crippen molar-refractivity contribution in [2.24, 2.45) is 0 Å². The molecule has 0 aliphatic rings. The normalized spacial score (nSPS) is 13.7. The van der Waals surface area contributed by atoms with Crippen LogP contribution >= 0.6 is 7.14 Å². The molecule has 1 atom stereocenters. The fraction of sp³-hybridized carbons (Fsp3) is 0.0952. The van der Waals surface area contributed by atoms with E-state index < -0.39 is 30.0 Å². The van der Waals surface area contributed by atoms with Crippen molar-refractivity contribution < 1.29 is 22.5 Å². The first kappa shape index (κ1) is 19.1. The molecule has 6 heteroatoms.